The molecule has 1 aromatic carbocycles. The van der Waals surface area contributed by atoms with Crippen LogP contribution in [0.3, 0.4) is 0 Å². The van der Waals surface area contributed by atoms with E-state index in [0.717, 1.165) is 29.3 Å². The standard InChI is InChI=1S/C18H19N3O3/c19-12-18(7-3-4-8-18)21-16(22)11-24-17(23)9-13-10-20-15-6-2-1-5-14(13)15/h1-2,5-6,10,20H,3-4,7-9,11H2,(H,21,22). The lowest BCUT2D eigenvalue weighted by Crippen LogP contribution is -2.46. The van der Waals surface area contributed by atoms with Crippen LogP contribution in [-0.2, 0) is 20.7 Å². The molecule has 6 heteroatoms. The Balaban J connectivity index is 1.52. The van der Waals surface area contributed by atoms with E-state index in [0.29, 0.717) is 12.8 Å². The van der Waals surface area contributed by atoms with Crippen LogP contribution >= 0.6 is 0 Å². The maximum absolute atomic E-state index is 12.0. The number of hydrogen-bond donors (Lipinski definition) is 2. The smallest absolute Gasteiger partial charge is 0.310 e. The van der Waals surface area contributed by atoms with Crippen LogP contribution < -0.4 is 5.32 Å². The van der Waals surface area contributed by atoms with Crippen molar-refractivity contribution >= 4 is 22.8 Å². The molecule has 1 saturated carbocycles. The van der Waals surface area contributed by atoms with Gasteiger partial charge in [-0.3, -0.25) is 9.59 Å². The van der Waals surface area contributed by atoms with Crippen molar-refractivity contribution in [1.29, 1.82) is 5.26 Å². The monoisotopic (exact) mass is 325 g/mol. The van der Waals surface area contributed by atoms with Gasteiger partial charge in [0, 0.05) is 17.1 Å². The predicted octanol–water partition coefficient (Wildman–Crippen LogP) is 2.21. The van der Waals surface area contributed by atoms with Gasteiger partial charge in [0.15, 0.2) is 6.61 Å². The van der Waals surface area contributed by atoms with E-state index in [-0.39, 0.29) is 13.0 Å². The Morgan fingerprint density at radius 2 is 2.04 bits per heavy atom. The molecule has 2 aromatic rings. The van der Waals surface area contributed by atoms with Crippen molar-refractivity contribution in [2.24, 2.45) is 0 Å². The predicted molar refractivity (Wildman–Crippen MR) is 87.9 cm³/mol. The Bertz CT molecular complexity index is 797. The van der Waals surface area contributed by atoms with Crippen LogP contribution in [0.15, 0.2) is 30.5 Å². The lowest BCUT2D eigenvalue weighted by molar-refractivity contribution is -0.148. The number of rotatable bonds is 5. The van der Waals surface area contributed by atoms with Gasteiger partial charge in [-0.25, -0.2) is 0 Å². The van der Waals surface area contributed by atoms with Gasteiger partial charge < -0.3 is 15.0 Å². The molecular formula is C18H19N3O3. The summed E-state index contributed by atoms with van der Waals surface area (Å²) in [5.74, 6) is -0.891. The Labute approximate surface area is 139 Å². The number of nitrogens with one attached hydrogen (secondary N) is 2. The third-order valence-electron chi connectivity index (χ3n) is 4.42. The van der Waals surface area contributed by atoms with Crippen molar-refractivity contribution in [1.82, 2.24) is 10.3 Å². The number of ether oxygens (including phenoxy) is 1. The molecule has 0 aliphatic heterocycles. The maximum Gasteiger partial charge on any atom is 0.310 e. The lowest BCUT2D eigenvalue weighted by Gasteiger charge is -2.21. The second-order valence-corrected chi connectivity index (χ2v) is 6.15. The highest BCUT2D eigenvalue weighted by Crippen LogP contribution is 2.28. The van der Waals surface area contributed by atoms with Gasteiger partial charge in [-0.1, -0.05) is 18.2 Å². The van der Waals surface area contributed by atoms with Crippen molar-refractivity contribution in [2.75, 3.05) is 6.61 Å². The van der Waals surface area contributed by atoms with E-state index in [1.807, 2.05) is 24.3 Å². The van der Waals surface area contributed by atoms with E-state index in [1.54, 1.807) is 6.20 Å². The van der Waals surface area contributed by atoms with Gasteiger partial charge >= 0.3 is 5.97 Å². The number of carbonyl (C=O) groups is 2. The maximum atomic E-state index is 12.0. The van der Waals surface area contributed by atoms with Crippen LogP contribution in [0.2, 0.25) is 0 Å². The molecule has 3 rings (SSSR count). The number of fused-ring (bicyclic) bond motifs is 1. The number of amides is 1. The molecule has 0 bridgehead atoms. The number of esters is 1. The number of nitriles is 1. The molecule has 1 heterocycles. The number of aromatic nitrogens is 1. The normalized spacial score (nSPS) is 15.8. The number of aromatic amines is 1. The third kappa shape index (κ3) is 3.40. The largest absolute Gasteiger partial charge is 0.455 e. The number of hydrogen-bond acceptors (Lipinski definition) is 4. The molecule has 6 nitrogen and oxygen atoms in total. The molecule has 1 aliphatic carbocycles. The molecule has 1 fully saturated rings. The molecule has 24 heavy (non-hydrogen) atoms. The van der Waals surface area contributed by atoms with Gasteiger partial charge in [-0.2, -0.15) is 5.26 Å². The first-order valence-electron chi connectivity index (χ1n) is 8.05. The Kier molecular flexibility index (Phi) is 4.52. The number of nitrogens with zero attached hydrogens (tertiary/aromatic N) is 1. The summed E-state index contributed by atoms with van der Waals surface area (Å²) >= 11 is 0. The van der Waals surface area contributed by atoms with Crippen LogP contribution in [0.25, 0.3) is 10.9 Å². The van der Waals surface area contributed by atoms with E-state index >= 15 is 0 Å². The van der Waals surface area contributed by atoms with Gasteiger partial charge in [0.25, 0.3) is 5.91 Å². The number of para-hydroxylation sites is 1. The fourth-order valence-electron chi connectivity index (χ4n) is 3.18. The lowest BCUT2D eigenvalue weighted by atomic mass is 10.00. The summed E-state index contributed by atoms with van der Waals surface area (Å²) < 4.78 is 5.05. The molecule has 2 N–H and O–H groups in total. The van der Waals surface area contributed by atoms with E-state index < -0.39 is 17.4 Å². The summed E-state index contributed by atoms with van der Waals surface area (Å²) in [4.78, 5) is 27.0. The topological polar surface area (TPSA) is 95.0 Å². The summed E-state index contributed by atoms with van der Waals surface area (Å²) in [5, 5.41) is 12.9. The zero-order valence-corrected chi connectivity index (χ0v) is 13.3. The first kappa shape index (κ1) is 16.1. The number of H-pyrrole nitrogens is 1. The minimum atomic E-state index is -0.791. The molecule has 0 atom stereocenters. The fourth-order valence-corrected chi connectivity index (χ4v) is 3.18. The van der Waals surface area contributed by atoms with Gasteiger partial charge in [0.05, 0.1) is 12.5 Å². The molecule has 124 valence electrons. The zero-order chi connectivity index (χ0) is 17.0. The van der Waals surface area contributed by atoms with Gasteiger partial charge in [-0.15, -0.1) is 0 Å². The molecular weight excluding hydrogens is 306 g/mol. The van der Waals surface area contributed by atoms with Crippen LogP contribution in [0.5, 0.6) is 0 Å². The summed E-state index contributed by atoms with van der Waals surface area (Å²) in [6, 6.07) is 9.86. The van der Waals surface area contributed by atoms with Crippen LogP contribution in [-0.4, -0.2) is 29.0 Å². The number of carbonyl (C=O) groups excluding carboxylic acids is 2. The summed E-state index contributed by atoms with van der Waals surface area (Å²) in [5.41, 5.74) is 0.996. The highest BCUT2D eigenvalue weighted by molar-refractivity contribution is 5.88. The fraction of sp³-hybridized carbons (Fsp3) is 0.389. The average Bonchev–Trinajstić information content (AvgIpc) is 3.21. The minimum absolute atomic E-state index is 0.0979. The minimum Gasteiger partial charge on any atom is -0.455 e. The van der Waals surface area contributed by atoms with Crippen molar-refractivity contribution in [3.8, 4) is 6.07 Å². The number of benzene rings is 1. The molecule has 0 unspecified atom stereocenters. The molecule has 0 radical (unpaired) electrons. The van der Waals surface area contributed by atoms with Crippen molar-refractivity contribution in [3.63, 3.8) is 0 Å². The molecule has 0 saturated heterocycles. The van der Waals surface area contributed by atoms with E-state index in [2.05, 4.69) is 16.4 Å². The zero-order valence-electron chi connectivity index (χ0n) is 13.3. The van der Waals surface area contributed by atoms with Gasteiger partial charge in [0.1, 0.15) is 5.54 Å². The van der Waals surface area contributed by atoms with Crippen LogP contribution in [0.1, 0.15) is 31.2 Å². The third-order valence-corrected chi connectivity index (χ3v) is 4.42. The summed E-state index contributed by atoms with van der Waals surface area (Å²) in [6.45, 7) is -0.357. The Hall–Kier alpha value is -2.81. The first-order chi connectivity index (χ1) is 11.6. The highest BCUT2D eigenvalue weighted by atomic mass is 16.5. The molecule has 0 spiro atoms. The quantitative estimate of drug-likeness (QED) is 0.824. The summed E-state index contributed by atoms with van der Waals surface area (Å²) in [6.07, 6.45) is 5.02. The van der Waals surface area contributed by atoms with Crippen LogP contribution in [0.4, 0.5) is 0 Å². The molecule has 1 aliphatic rings. The van der Waals surface area contributed by atoms with E-state index in [9.17, 15) is 14.9 Å². The SMILES string of the molecule is N#CC1(NC(=O)COC(=O)Cc2c[nH]c3ccccc23)CCCC1. The Morgan fingerprint density at radius 3 is 2.79 bits per heavy atom. The Morgan fingerprint density at radius 1 is 1.29 bits per heavy atom. The average molecular weight is 325 g/mol. The van der Waals surface area contributed by atoms with Crippen molar-refractivity contribution in [3.05, 3.63) is 36.0 Å². The molecule has 1 amide bonds. The second-order valence-electron chi connectivity index (χ2n) is 6.15. The van der Waals surface area contributed by atoms with Gasteiger partial charge in [0.2, 0.25) is 0 Å². The van der Waals surface area contributed by atoms with Crippen LogP contribution in [0, 0.1) is 11.3 Å². The van der Waals surface area contributed by atoms with E-state index in [4.69, 9.17) is 4.74 Å². The van der Waals surface area contributed by atoms with Gasteiger partial charge in [-0.05, 0) is 37.3 Å². The van der Waals surface area contributed by atoms with Crippen molar-refractivity contribution < 1.29 is 14.3 Å². The van der Waals surface area contributed by atoms with Crippen molar-refractivity contribution in [2.45, 2.75) is 37.6 Å². The van der Waals surface area contributed by atoms with E-state index in [1.165, 1.54) is 0 Å². The molecule has 1 aromatic heterocycles. The summed E-state index contributed by atoms with van der Waals surface area (Å²) in [7, 11) is 0. The second kappa shape index (κ2) is 6.75. The highest BCUT2D eigenvalue weighted by Gasteiger charge is 2.35. The first-order valence-corrected chi connectivity index (χ1v) is 8.05.